The third-order valence-corrected chi connectivity index (χ3v) is 3.83. The summed E-state index contributed by atoms with van der Waals surface area (Å²) in [7, 11) is 1.57. The lowest BCUT2D eigenvalue weighted by atomic mass is 10.1. The molecule has 1 aromatic carbocycles. The van der Waals surface area contributed by atoms with E-state index in [9.17, 15) is 4.39 Å². The van der Waals surface area contributed by atoms with E-state index in [1.807, 2.05) is 15.9 Å². The van der Waals surface area contributed by atoms with Crippen molar-refractivity contribution in [3.63, 3.8) is 0 Å². The van der Waals surface area contributed by atoms with Crippen molar-refractivity contribution in [1.82, 2.24) is 9.97 Å². The second-order valence-electron chi connectivity index (χ2n) is 5.12. The number of halogens is 1. The molecular formula is C16H16FN5O. The summed E-state index contributed by atoms with van der Waals surface area (Å²) < 4.78 is 18.9. The number of aromatic nitrogens is 2. The number of methoxy groups -OCH3 is 1. The van der Waals surface area contributed by atoms with Crippen LogP contribution in [0.2, 0.25) is 0 Å². The Labute approximate surface area is 133 Å². The Bertz CT molecular complexity index is 737. The van der Waals surface area contributed by atoms with Crippen LogP contribution in [0, 0.1) is 17.1 Å². The molecule has 0 saturated carbocycles. The molecule has 2 heterocycles. The van der Waals surface area contributed by atoms with Crippen molar-refractivity contribution in [2.24, 2.45) is 0 Å². The van der Waals surface area contributed by atoms with E-state index in [4.69, 9.17) is 10.00 Å². The van der Waals surface area contributed by atoms with Crippen LogP contribution in [-0.4, -0.2) is 43.3 Å². The van der Waals surface area contributed by atoms with Gasteiger partial charge in [0.1, 0.15) is 17.4 Å². The van der Waals surface area contributed by atoms with E-state index < -0.39 is 5.82 Å². The number of piperazine rings is 1. The van der Waals surface area contributed by atoms with Gasteiger partial charge < -0.3 is 14.5 Å². The van der Waals surface area contributed by atoms with Crippen molar-refractivity contribution < 1.29 is 9.13 Å². The molecule has 1 aromatic heterocycles. The van der Waals surface area contributed by atoms with Crippen molar-refractivity contribution in [3.05, 3.63) is 41.8 Å². The lowest BCUT2D eigenvalue weighted by Gasteiger charge is -2.36. The molecule has 118 valence electrons. The number of benzene rings is 1. The van der Waals surface area contributed by atoms with Crippen LogP contribution in [0.25, 0.3) is 0 Å². The average Bonchev–Trinajstić information content (AvgIpc) is 2.61. The fourth-order valence-electron chi connectivity index (χ4n) is 2.63. The van der Waals surface area contributed by atoms with E-state index in [1.54, 1.807) is 31.5 Å². The fourth-order valence-corrected chi connectivity index (χ4v) is 2.63. The van der Waals surface area contributed by atoms with Crippen LogP contribution >= 0.6 is 0 Å². The Hall–Kier alpha value is -2.88. The number of rotatable bonds is 3. The van der Waals surface area contributed by atoms with E-state index >= 15 is 0 Å². The lowest BCUT2D eigenvalue weighted by molar-refractivity contribution is 0.396. The van der Waals surface area contributed by atoms with Gasteiger partial charge in [0.05, 0.1) is 12.8 Å². The Morgan fingerprint density at radius 3 is 2.61 bits per heavy atom. The van der Waals surface area contributed by atoms with Gasteiger partial charge in [0.15, 0.2) is 0 Å². The Morgan fingerprint density at radius 2 is 1.91 bits per heavy atom. The molecule has 2 aromatic rings. The molecule has 0 spiro atoms. The van der Waals surface area contributed by atoms with E-state index in [1.165, 1.54) is 6.07 Å². The van der Waals surface area contributed by atoms with Crippen molar-refractivity contribution >= 4 is 11.6 Å². The maximum Gasteiger partial charge on any atom is 0.228 e. The van der Waals surface area contributed by atoms with Crippen LogP contribution in [0.3, 0.4) is 0 Å². The fraction of sp³-hybridized carbons (Fsp3) is 0.312. The molecule has 0 radical (unpaired) electrons. The summed E-state index contributed by atoms with van der Waals surface area (Å²) in [5, 5.41) is 9.16. The summed E-state index contributed by atoms with van der Waals surface area (Å²) in [6.45, 7) is 2.71. The predicted molar refractivity (Wildman–Crippen MR) is 84.1 cm³/mol. The normalized spacial score (nSPS) is 14.5. The van der Waals surface area contributed by atoms with E-state index in [2.05, 4.69) is 9.97 Å². The number of hydrogen-bond acceptors (Lipinski definition) is 6. The van der Waals surface area contributed by atoms with Gasteiger partial charge in [0.2, 0.25) is 11.8 Å². The van der Waals surface area contributed by atoms with Gasteiger partial charge in [-0.3, -0.25) is 0 Å². The molecule has 1 aliphatic heterocycles. The third-order valence-electron chi connectivity index (χ3n) is 3.83. The minimum atomic E-state index is -0.483. The highest BCUT2D eigenvalue weighted by molar-refractivity contribution is 5.60. The summed E-state index contributed by atoms with van der Waals surface area (Å²) in [5.41, 5.74) is 0.734. The van der Waals surface area contributed by atoms with Crippen LogP contribution in [0.1, 0.15) is 5.56 Å². The Balaban J connectivity index is 1.74. The van der Waals surface area contributed by atoms with Crippen LogP contribution in [0.4, 0.5) is 16.0 Å². The first-order chi connectivity index (χ1) is 11.2. The van der Waals surface area contributed by atoms with Crippen LogP contribution in [0.15, 0.2) is 30.5 Å². The highest BCUT2D eigenvalue weighted by Crippen LogP contribution is 2.24. The zero-order valence-corrected chi connectivity index (χ0v) is 12.7. The number of hydrogen-bond donors (Lipinski definition) is 0. The predicted octanol–water partition coefficient (Wildman–Crippen LogP) is 1.82. The maximum atomic E-state index is 13.7. The number of ether oxygens (including phenoxy) is 1. The summed E-state index contributed by atoms with van der Waals surface area (Å²) in [6.07, 6.45) is 1.66. The zero-order valence-electron chi connectivity index (χ0n) is 12.7. The first-order valence-electron chi connectivity index (χ1n) is 7.28. The average molecular weight is 313 g/mol. The Kier molecular flexibility index (Phi) is 4.24. The number of nitriles is 1. The molecule has 7 heteroatoms. The number of nitrogens with zero attached hydrogens (tertiary/aromatic N) is 5. The van der Waals surface area contributed by atoms with Gasteiger partial charge in [-0.15, -0.1) is 0 Å². The monoisotopic (exact) mass is 313 g/mol. The molecule has 0 atom stereocenters. The summed E-state index contributed by atoms with van der Waals surface area (Å²) in [6, 6.07) is 8.36. The number of anilines is 2. The quantitative estimate of drug-likeness (QED) is 0.861. The zero-order chi connectivity index (χ0) is 16.2. The highest BCUT2D eigenvalue weighted by Gasteiger charge is 2.22. The van der Waals surface area contributed by atoms with Crippen molar-refractivity contribution in [3.8, 4) is 11.9 Å². The van der Waals surface area contributed by atoms with Crippen LogP contribution in [0.5, 0.6) is 5.88 Å². The maximum absolute atomic E-state index is 13.7. The lowest BCUT2D eigenvalue weighted by Crippen LogP contribution is -2.47. The van der Waals surface area contributed by atoms with Crippen LogP contribution < -0.4 is 14.5 Å². The first-order valence-corrected chi connectivity index (χ1v) is 7.28. The van der Waals surface area contributed by atoms with Crippen molar-refractivity contribution in [2.45, 2.75) is 0 Å². The van der Waals surface area contributed by atoms with Crippen LogP contribution in [-0.2, 0) is 0 Å². The molecule has 0 bridgehead atoms. The molecule has 23 heavy (non-hydrogen) atoms. The summed E-state index contributed by atoms with van der Waals surface area (Å²) in [5.74, 6) is 0.654. The van der Waals surface area contributed by atoms with Gasteiger partial charge in [-0.2, -0.15) is 10.2 Å². The van der Waals surface area contributed by atoms with Crippen molar-refractivity contribution in [1.29, 1.82) is 5.26 Å². The summed E-state index contributed by atoms with van der Waals surface area (Å²) >= 11 is 0. The molecule has 3 rings (SSSR count). The largest absolute Gasteiger partial charge is 0.481 e. The SMILES string of the molecule is COc1ccnc(N2CCN(c3cccc(F)c3C#N)CC2)n1. The van der Waals surface area contributed by atoms with Crippen molar-refractivity contribution in [2.75, 3.05) is 43.1 Å². The first kappa shape index (κ1) is 15.0. The van der Waals surface area contributed by atoms with E-state index in [-0.39, 0.29) is 5.56 Å². The minimum Gasteiger partial charge on any atom is -0.481 e. The molecule has 1 fully saturated rings. The smallest absolute Gasteiger partial charge is 0.228 e. The molecule has 0 unspecified atom stereocenters. The van der Waals surface area contributed by atoms with Gasteiger partial charge in [-0.1, -0.05) is 6.07 Å². The Morgan fingerprint density at radius 1 is 1.17 bits per heavy atom. The molecular weight excluding hydrogens is 297 g/mol. The molecule has 0 N–H and O–H groups in total. The van der Waals surface area contributed by atoms with Gasteiger partial charge in [-0.05, 0) is 12.1 Å². The van der Waals surface area contributed by atoms with Gasteiger partial charge >= 0.3 is 0 Å². The van der Waals surface area contributed by atoms with E-state index in [0.717, 1.165) is 0 Å². The van der Waals surface area contributed by atoms with E-state index in [0.29, 0.717) is 43.7 Å². The molecule has 1 saturated heterocycles. The molecule has 6 nitrogen and oxygen atoms in total. The highest BCUT2D eigenvalue weighted by atomic mass is 19.1. The third kappa shape index (κ3) is 3.01. The van der Waals surface area contributed by atoms with Gasteiger partial charge in [0, 0.05) is 38.4 Å². The van der Waals surface area contributed by atoms with Gasteiger partial charge in [-0.25, -0.2) is 9.37 Å². The topological polar surface area (TPSA) is 65.3 Å². The standard InChI is InChI=1S/C16H16FN5O/c1-23-15-5-6-19-16(20-15)22-9-7-21(8-10-22)14-4-2-3-13(17)12(14)11-18/h2-6H,7-10H2,1H3. The molecule has 0 amide bonds. The molecule has 1 aliphatic rings. The summed E-state index contributed by atoms with van der Waals surface area (Å²) in [4.78, 5) is 12.6. The molecule has 0 aliphatic carbocycles. The second kappa shape index (κ2) is 6.48. The minimum absolute atomic E-state index is 0.0959. The van der Waals surface area contributed by atoms with Gasteiger partial charge in [0.25, 0.3) is 0 Å². The second-order valence-corrected chi connectivity index (χ2v) is 5.12.